The Morgan fingerprint density at radius 3 is 2.82 bits per heavy atom. The zero-order chi connectivity index (χ0) is 15.9. The topological polar surface area (TPSA) is 113 Å². The maximum Gasteiger partial charge on any atom is 0.273 e. The van der Waals surface area contributed by atoms with E-state index in [1.54, 1.807) is 0 Å². The Bertz CT molecular complexity index is 745. The molecule has 0 aliphatic heterocycles. The van der Waals surface area contributed by atoms with Crippen molar-refractivity contribution in [2.75, 3.05) is 12.4 Å². The number of carbonyl (C=O) groups is 1. The molecule has 0 radical (unpaired) electrons. The van der Waals surface area contributed by atoms with Gasteiger partial charge in [0.25, 0.3) is 5.91 Å². The number of nitrogens with two attached hydrogens (primary N) is 1. The number of halogens is 1. The van der Waals surface area contributed by atoms with Gasteiger partial charge in [-0.1, -0.05) is 0 Å². The standard InChI is InChI=1S/C14H16IN5O2/c1-17-13(21)12-11(18-14(16,22)7-2-3-7)9-5-4-8(15)6-10(9)19-20-12/h4-7,22H,2-3,16H2,1H3,(H,17,21)(H,18,19)/t14-/m0/s1. The molecule has 1 atom stereocenters. The minimum Gasteiger partial charge on any atom is -0.358 e. The summed E-state index contributed by atoms with van der Waals surface area (Å²) in [6, 6.07) is 5.59. The van der Waals surface area contributed by atoms with Gasteiger partial charge in [0, 0.05) is 21.9 Å². The Hall–Kier alpha value is -1.52. The average molecular weight is 413 g/mol. The van der Waals surface area contributed by atoms with E-state index < -0.39 is 5.85 Å². The highest BCUT2D eigenvalue weighted by Crippen LogP contribution is 2.38. The van der Waals surface area contributed by atoms with E-state index in [0.29, 0.717) is 16.6 Å². The first-order valence-corrected chi connectivity index (χ1v) is 7.97. The van der Waals surface area contributed by atoms with Crippen LogP contribution in [-0.4, -0.2) is 34.1 Å². The van der Waals surface area contributed by atoms with E-state index in [4.69, 9.17) is 5.73 Å². The Balaban J connectivity index is 2.15. The molecule has 8 heteroatoms. The lowest BCUT2D eigenvalue weighted by molar-refractivity contribution is 0.0535. The summed E-state index contributed by atoms with van der Waals surface area (Å²) in [5, 5.41) is 24.6. The summed E-state index contributed by atoms with van der Waals surface area (Å²) < 4.78 is 1.00. The molecule has 1 aliphatic rings. The number of hydrogen-bond donors (Lipinski definition) is 4. The van der Waals surface area contributed by atoms with E-state index in [9.17, 15) is 9.90 Å². The monoisotopic (exact) mass is 413 g/mol. The van der Waals surface area contributed by atoms with Gasteiger partial charge in [-0.2, -0.15) is 0 Å². The molecular weight excluding hydrogens is 397 g/mol. The number of nitrogens with one attached hydrogen (secondary N) is 2. The summed E-state index contributed by atoms with van der Waals surface area (Å²) in [5.74, 6) is -1.99. The number of aromatic nitrogens is 2. The summed E-state index contributed by atoms with van der Waals surface area (Å²) in [7, 11) is 1.52. The van der Waals surface area contributed by atoms with Gasteiger partial charge in [-0.25, -0.2) is 0 Å². The molecular formula is C14H16IN5O2. The van der Waals surface area contributed by atoms with Crippen molar-refractivity contribution in [3.8, 4) is 0 Å². The number of carbonyl (C=O) groups excluding carboxylic acids is 1. The molecule has 0 unspecified atom stereocenters. The summed E-state index contributed by atoms with van der Waals surface area (Å²) in [4.78, 5) is 12.0. The van der Waals surface area contributed by atoms with Gasteiger partial charge < -0.3 is 15.7 Å². The second-order valence-corrected chi connectivity index (χ2v) is 6.63. The van der Waals surface area contributed by atoms with Gasteiger partial charge in [0.05, 0.1) is 11.2 Å². The number of benzene rings is 1. The third-order valence-electron chi connectivity index (χ3n) is 3.69. The highest BCUT2D eigenvalue weighted by molar-refractivity contribution is 14.1. The molecule has 116 valence electrons. The van der Waals surface area contributed by atoms with Crippen LogP contribution in [0.25, 0.3) is 10.9 Å². The minimum atomic E-state index is -1.57. The summed E-state index contributed by atoms with van der Waals surface area (Å²) in [5.41, 5.74) is 7.09. The van der Waals surface area contributed by atoms with Gasteiger partial charge >= 0.3 is 0 Å². The van der Waals surface area contributed by atoms with E-state index in [1.807, 2.05) is 18.2 Å². The van der Waals surface area contributed by atoms with Crippen molar-refractivity contribution < 1.29 is 9.90 Å². The second-order valence-electron chi connectivity index (χ2n) is 5.39. The third kappa shape index (κ3) is 2.85. The molecule has 0 saturated heterocycles. The zero-order valence-corrected chi connectivity index (χ0v) is 14.1. The number of nitrogens with zero attached hydrogens (tertiary/aromatic N) is 2. The van der Waals surface area contributed by atoms with Crippen LogP contribution < -0.4 is 16.4 Å². The Labute approximate surface area is 140 Å². The maximum absolute atomic E-state index is 12.0. The lowest BCUT2D eigenvalue weighted by Gasteiger charge is -2.27. The van der Waals surface area contributed by atoms with Crippen LogP contribution in [0.4, 0.5) is 5.69 Å². The molecule has 1 aromatic heterocycles. The molecule has 3 rings (SSSR count). The van der Waals surface area contributed by atoms with Crippen LogP contribution in [-0.2, 0) is 0 Å². The Morgan fingerprint density at radius 2 is 2.18 bits per heavy atom. The third-order valence-corrected chi connectivity index (χ3v) is 4.36. The predicted octanol–water partition coefficient (Wildman–Crippen LogP) is 1.02. The first-order valence-electron chi connectivity index (χ1n) is 6.90. The normalized spacial score (nSPS) is 17.1. The molecule has 5 N–H and O–H groups in total. The highest BCUT2D eigenvalue weighted by atomic mass is 127. The minimum absolute atomic E-state index is 0.0305. The Morgan fingerprint density at radius 1 is 1.45 bits per heavy atom. The molecule has 1 saturated carbocycles. The van der Waals surface area contributed by atoms with Crippen LogP contribution in [0.1, 0.15) is 23.3 Å². The van der Waals surface area contributed by atoms with Gasteiger partial charge in [-0.15, -0.1) is 10.2 Å². The fraction of sp³-hybridized carbons (Fsp3) is 0.357. The molecule has 0 bridgehead atoms. The van der Waals surface area contributed by atoms with Crippen molar-refractivity contribution >= 4 is 45.1 Å². The van der Waals surface area contributed by atoms with Gasteiger partial charge in [0.1, 0.15) is 0 Å². The summed E-state index contributed by atoms with van der Waals surface area (Å²) in [6.45, 7) is 0. The van der Waals surface area contributed by atoms with Crippen molar-refractivity contribution in [1.29, 1.82) is 0 Å². The molecule has 2 aromatic rings. The van der Waals surface area contributed by atoms with E-state index in [1.165, 1.54) is 7.05 Å². The van der Waals surface area contributed by atoms with Crippen LogP contribution in [0, 0.1) is 9.49 Å². The van der Waals surface area contributed by atoms with Gasteiger partial charge in [0.15, 0.2) is 11.5 Å². The van der Waals surface area contributed by atoms with Gasteiger partial charge in [-0.05, 0) is 53.6 Å². The number of anilines is 1. The Kier molecular flexibility index (Phi) is 3.91. The zero-order valence-electron chi connectivity index (χ0n) is 11.9. The number of amides is 1. The SMILES string of the molecule is CNC(=O)c1nnc2cc(I)ccc2c1N[C@](N)(O)C1CC1. The van der Waals surface area contributed by atoms with Crippen LogP contribution in [0.2, 0.25) is 0 Å². The number of rotatable bonds is 4. The van der Waals surface area contributed by atoms with Crippen molar-refractivity contribution in [3.05, 3.63) is 27.5 Å². The molecule has 1 fully saturated rings. The maximum atomic E-state index is 12.0. The lowest BCUT2D eigenvalue weighted by Crippen LogP contribution is -2.50. The highest BCUT2D eigenvalue weighted by Gasteiger charge is 2.42. The van der Waals surface area contributed by atoms with Crippen LogP contribution >= 0.6 is 22.6 Å². The van der Waals surface area contributed by atoms with Gasteiger partial charge in [-0.3, -0.25) is 10.5 Å². The molecule has 1 amide bonds. The van der Waals surface area contributed by atoms with E-state index >= 15 is 0 Å². The average Bonchev–Trinajstić information content (AvgIpc) is 3.31. The van der Waals surface area contributed by atoms with Crippen molar-refractivity contribution in [1.82, 2.24) is 15.5 Å². The first-order chi connectivity index (χ1) is 10.4. The molecule has 7 nitrogen and oxygen atoms in total. The molecule has 1 heterocycles. The smallest absolute Gasteiger partial charge is 0.273 e. The van der Waals surface area contributed by atoms with Crippen molar-refractivity contribution in [2.24, 2.45) is 11.7 Å². The van der Waals surface area contributed by atoms with E-state index in [0.717, 1.165) is 16.4 Å². The predicted molar refractivity (Wildman–Crippen MR) is 91.1 cm³/mol. The summed E-state index contributed by atoms with van der Waals surface area (Å²) >= 11 is 2.18. The molecule has 0 spiro atoms. The first kappa shape index (κ1) is 15.4. The van der Waals surface area contributed by atoms with Crippen molar-refractivity contribution in [3.63, 3.8) is 0 Å². The fourth-order valence-electron chi connectivity index (χ4n) is 2.31. The largest absolute Gasteiger partial charge is 0.358 e. The van der Waals surface area contributed by atoms with Crippen LogP contribution in [0.5, 0.6) is 0 Å². The second kappa shape index (κ2) is 5.60. The summed E-state index contributed by atoms with van der Waals surface area (Å²) in [6.07, 6.45) is 1.70. The van der Waals surface area contributed by atoms with E-state index in [-0.39, 0.29) is 17.5 Å². The quantitative estimate of drug-likeness (QED) is 0.440. The number of fused-ring (bicyclic) bond motifs is 1. The lowest BCUT2D eigenvalue weighted by atomic mass is 10.1. The number of aliphatic hydroxyl groups is 1. The van der Waals surface area contributed by atoms with Crippen LogP contribution in [0.3, 0.4) is 0 Å². The number of hydrogen-bond acceptors (Lipinski definition) is 6. The molecule has 1 aliphatic carbocycles. The van der Waals surface area contributed by atoms with Crippen molar-refractivity contribution in [2.45, 2.75) is 18.7 Å². The van der Waals surface area contributed by atoms with Crippen LogP contribution in [0.15, 0.2) is 18.2 Å². The van der Waals surface area contributed by atoms with Gasteiger partial charge in [0.2, 0.25) is 0 Å². The van der Waals surface area contributed by atoms with E-state index in [2.05, 4.69) is 43.4 Å². The molecule has 22 heavy (non-hydrogen) atoms. The molecule has 1 aromatic carbocycles. The fourth-order valence-corrected chi connectivity index (χ4v) is 2.78.